The number of ether oxygens (including phenoxy) is 1. The number of hydrogen-bond donors (Lipinski definition) is 1. The molecule has 1 N–H and O–H groups in total. The van der Waals surface area contributed by atoms with Crippen LogP contribution in [0.15, 0.2) is 30.3 Å². The van der Waals surface area contributed by atoms with Gasteiger partial charge in [-0.2, -0.15) is 13.2 Å². The Bertz CT molecular complexity index is 957. The van der Waals surface area contributed by atoms with Crippen LogP contribution in [-0.2, 0) is 11.0 Å². The summed E-state index contributed by atoms with van der Waals surface area (Å²) in [5.41, 5.74) is 0.120. The highest BCUT2D eigenvalue weighted by Crippen LogP contribution is 2.44. The van der Waals surface area contributed by atoms with Crippen LogP contribution in [0.25, 0.3) is 10.8 Å². The Balaban J connectivity index is 1.86. The van der Waals surface area contributed by atoms with Gasteiger partial charge in [-0.3, -0.25) is 4.79 Å². The summed E-state index contributed by atoms with van der Waals surface area (Å²) in [5, 5.41) is 9.40. The number of nitrogens with zero attached hydrogens (tertiary/aromatic N) is 1. The maximum absolute atomic E-state index is 14.1. The molecule has 0 spiro atoms. The van der Waals surface area contributed by atoms with Crippen LogP contribution in [0.4, 0.5) is 18.9 Å². The second kappa shape index (κ2) is 9.20. The highest BCUT2D eigenvalue weighted by Gasteiger charge is 2.38. The summed E-state index contributed by atoms with van der Waals surface area (Å²) < 4.78 is 48.1. The Morgan fingerprint density at radius 3 is 2.31 bits per heavy atom. The van der Waals surface area contributed by atoms with Crippen LogP contribution < -0.4 is 9.64 Å². The summed E-state index contributed by atoms with van der Waals surface area (Å²) in [7, 11) is 1.72. The van der Waals surface area contributed by atoms with Gasteiger partial charge in [0.25, 0.3) is 0 Å². The van der Waals surface area contributed by atoms with Gasteiger partial charge >= 0.3 is 12.1 Å². The molecule has 0 amide bonds. The Labute approximate surface area is 187 Å². The minimum atomic E-state index is -4.55. The number of alkyl halides is 3. The highest BCUT2D eigenvalue weighted by atomic mass is 19.4. The van der Waals surface area contributed by atoms with E-state index in [1.807, 2.05) is 0 Å². The highest BCUT2D eigenvalue weighted by molar-refractivity contribution is 5.91. The minimum Gasteiger partial charge on any atom is -0.490 e. The van der Waals surface area contributed by atoms with Crippen LogP contribution in [0.1, 0.15) is 58.4 Å². The molecule has 3 rings (SSSR count). The van der Waals surface area contributed by atoms with E-state index in [1.54, 1.807) is 30.1 Å². The fraction of sp³-hybridized carbons (Fsp3) is 0.560. The van der Waals surface area contributed by atoms with E-state index in [4.69, 9.17) is 9.84 Å². The lowest BCUT2D eigenvalue weighted by Gasteiger charge is -2.37. The molecule has 2 aromatic carbocycles. The summed E-state index contributed by atoms with van der Waals surface area (Å²) in [4.78, 5) is 12.5. The topological polar surface area (TPSA) is 49.8 Å². The first kappa shape index (κ1) is 24.2. The van der Waals surface area contributed by atoms with Crippen LogP contribution in [0.2, 0.25) is 0 Å². The number of benzene rings is 2. The molecule has 0 aromatic heterocycles. The van der Waals surface area contributed by atoms with Crippen molar-refractivity contribution in [2.24, 2.45) is 11.3 Å². The third-order valence-electron chi connectivity index (χ3n) is 6.54. The normalized spacial score (nSPS) is 19.7. The molecule has 0 aliphatic heterocycles. The van der Waals surface area contributed by atoms with Gasteiger partial charge in [-0.05, 0) is 66.0 Å². The lowest BCUT2D eigenvalue weighted by atomic mass is 9.72. The predicted octanol–water partition coefficient (Wildman–Crippen LogP) is 6.75. The number of anilines is 1. The van der Waals surface area contributed by atoms with Crippen molar-refractivity contribution < 1.29 is 27.8 Å². The summed E-state index contributed by atoms with van der Waals surface area (Å²) in [5.74, 6) is -0.482. The lowest BCUT2D eigenvalue weighted by Crippen LogP contribution is -2.31. The smallest absolute Gasteiger partial charge is 0.420 e. The van der Waals surface area contributed by atoms with Crippen LogP contribution in [0.5, 0.6) is 5.75 Å². The minimum absolute atomic E-state index is 0.0490. The Hall–Kier alpha value is -2.44. The summed E-state index contributed by atoms with van der Waals surface area (Å²) >= 11 is 0. The third-order valence-corrected chi connectivity index (χ3v) is 6.54. The molecule has 1 saturated carbocycles. The molecule has 2 aromatic rings. The van der Waals surface area contributed by atoms with Crippen molar-refractivity contribution >= 4 is 22.4 Å². The molecular formula is C25H32F3NO3. The molecule has 1 fully saturated rings. The molecule has 32 heavy (non-hydrogen) atoms. The molecule has 1 aliphatic carbocycles. The van der Waals surface area contributed by atoms with Gasteiger partial charge in [0.15, 0.2) is 0 Å². The van der Waals surface area contributed by atoms with Gasteiger partial charge in [-0.15, -0.1) is 0 Å². The first-order valence-corrected chi connectivity index (χ1v) is 11.1. The summed E-state index contributed by atoms with van der Waals surface area (Å²) in [6.07, 6.45) is -1.39. The van der Waals surface area contributed by atoms with E-state index in [0.29, 0.717) is 17.0 Å². The fourth-order valence-electron chi connectivity index (χ4n) is 4.54. The maximum Gasteiger partial charge on any atom is 0.420 e. The zero-order valence-corrected chi connectivity index (χ0v) is 19.1. The number of carbonyl (C=O) groups is 1. The van der Waals surface area contributed by atoms with Crippen molar-refractivity contribution in [3.8, 4) is 5.75 Å². The van der Waals surface area contributed by atoms with Crippen LogP contribution in [0, 0.1) is 11.3 Å². The van der Waals surface area contributed by atoms with Crippen LogP contribution in [-0.4, -0.2) is 30.8 Å². The van der Waals surface area contributed by atoms with Crippen LogP contribution >= 0.6 is 0 Å². The van der Waals surface area contributed by atoms with Gasteiger partial charge in [0.05, 0.1) is 12.5 Å². The second-order valence-electron chi connectivity index (χ2n) is 9.86. The van der Waals surface area contributed by atoms with Crippen molar-refractivity contribution in [1.82, 2.24) is 0 Å². The number of carboxylic acid groups (broad SMARTS) is 1. The average Bonchev–Trinajstić information content (AvgIpc) is 2.70. The van der Waals surface area contributed by atoms with E-state index in [-0.39, 0.29) is 35.6 Å². The van der Waals surface area contributed by atoms with Crippen molar-refractivity contribution in [3.05, 3.63) is 35.9 Å². The van der Waals surface area contributed by atoms with Gasteiger partial charge in [-0.1, -0.05) is 32.9 Å². The quantitative estimate of drug-likeness (QED) is 0.528. The van der Waals surface area contributed by atoms with E-state index in [1.165, 1.54) is 12.1 Å². The summed E-state index contributed by atoms with van der Waals surface area (Å²) in [6, 6.07) is 7.77. The third kappa shape index (κ3) is 5.67. The SMILES string of the molecule is CN(CCC(=O)O)c1ccc2c(C(F)(F)F)c(OC3CCC(C(C)(C)C)CC3)ccc2c1. The number of hydrogen-bond acceptors (Lipinski definition) is 3. The Kier molecular flexibility index (Phi) is 6.96. The predicted molar refractivity (Wildman–Crippen MR) is 120 cm³/mol. The van der Waals surface area contributed by atoms with Crippen molar-refractivity contribution in [3.63, 3.8) is 0 Å². The number of carboxylic acids is 1. The first-order chi connectivity index (χ1) is 14.9. The first-order valence-electron chi connectivity index (χ1n) is 11.1. The molecule has 1 aliphatic rings. The molecule has 0 radical (unpaired) electrons. The zero-order chi connectivity index (χ0) is 23.7. The summed E-state index contributed by atoms with van der Waals surface area (Å²) in [6.45, 7) is 6.89. The Morgan fingerprint density at radius 2 is 1.75 bits per heavy atom. The number of rotatable bonds is 6. The molecule has 0 bridgehead atoms. The molecule has 0 unspecified atom stereocenters. The molecule has 0 saturated heterocycles. The van der Waals surface area contributed by atoms with Gasteiger partial charge in [-0.25, -0.2) is 0 Å². The lowest BCUT2D eigenvalue weighted by molar-refractivity contribution is -0.138. The number of fused-ring (bicyclic) bond motifs is 1. The molecule has 0 heterocycles. The van der Waals surface area contributed by atoms with Crippen molar-refractivity contribution in [2.75, 3.05) is 18.5 Å². The standard InChI is InChI=1S/C25H32F3NO3/c1-24(2,3)17-6-9-19(10-7-17)32-21-12-5-16-15-18(29(4)14-13-22(30)31)8-11-20(16)23(21)25(26,27)28/h5,8,11-12,15,17,19H,6-7,9-10,13-14H2,1-4H3,(H,30,31). The molecule has 0 atom stereocenters. The Morgan fingerprint density at radius 1 is 1.09 bits per heavy atom. The number of aliphatic carboxylic acids is 1. The monoisotopic (exact) mass is 451 g/mol. The largest absolute Gasteiger partial charge is 0.490 e. The average molecular weight is 452 g/mol. The van der Waals surface area contributed by atoms with Crippen LogP contribution in [0.3, 0.4) is 0 Å². The van der Waals surface area contributed by atoms with E-state index in [2.05, 4.69) is 20.8 Å². The molecular weight excluding hydrogens is 419 g/mol. The van der Waals surface area contributed by atoms with Gasteiger partial charge < -0.3 is 14.7 Å². The van der Waals surface area contributed by atoms with E-state index >= 15 is 0 Å². The van der Waals surface area contributed by atoms with Crippen molar-refractivity contribution in [2.45, 2.75) is 65.2 Å². The van der Waals surface area contributed by atoms with Gasteiger partial charge in [0.2, 0.25) is 0 Å². The number of halogens is 3. The van der Waals surface area contributed by atoms with Gasteiger partial charge in [0.1, 0.15) is 11.3 Å². The van der Waals surface area contributed by atoms with Gasteiger partial charge in [0, 0.05) is 19.3 Å². The fourth-order valence-corrected chi connectivity index (χ4v) is 4.54. The van der Waals surface area contributed by atoms with E-state index < -0.39 is 17.7 Å². The molecule has 176 valence electrons. The zero-order valence-electron chi connectivity index (χ0n) is 19.1. The molecule has 7 heteroatoms. The second-order valence-corrected chi connectivity index (χ2v) is 9.86. The molecule has 4 nitrogen and oxygen atoms in total. The van der Waals surface area contributed by atoms with E-state index in [9.17, 15) is 18.0 Å². The van der Waals surface area contributed by atoms with E-state index in [0.717, 1.165) is 25.7 Å². The van der Waals surface area contributed by atoms with Crippen molar-refractivity contribution in [1.29, 1.82) is 0 Å². The maximum atomic E-state index is 14.1.